The molecule has 16 heavy (non-hydrogen) atoms. The average Bonchev–Trinajstić information content (AvgIpc) is 2.14. The van der Waals surface area contributed by atoms with E-state index in [1.807, 2.05) is 0 Å². The first-order chi connectivity index (χ1) is 7.44. The minimum Gasteiger partial charge on any atom is -0.253 e. The number of aryl methyl sites for hydroxylation is 1. The fourth-order valence-electron chi connectivity index (χ4n) is 1.49. The van der Waals surface area contributed by atoms with Gasteiger partial charge in [0, 0.05) is 6.20 Å². The fourth-order valence-corrected chi connectivity index (χ4v) is 1.49. The Balaban J connectivity index is 2.43. The SMILES string of the molecule is Cc1cnc2ccc(CC(F)(F)F)cc2n1. The summed E-state index contributed by atoms with van der Waals surface area (Å²) < 4.78 is 36.6. The molecule has 0 saturated carbocycles. The van der Waals surface area contributed by atoms with Gasteiger partial charge in [-0.1, -0.05) is 6.07 Å². The molecule has 0 aliphatic rings. The van der Waals surface area contributed by atoms with Crippen LogP contribution in [0.5, 0.6) is 0 Å². The summed E-state index contributed by atoms with van der Waals surface area (Å²) in [6, 6.07) is 4.42. The highest BCUT2D eigenvalue weighted by Crippen LogP contribution is 2.22. The maximum absolute atomic E-state index is 12.2. The van der Waals surface area contributed by atoms with Gasteiger partial charge < -0.3 is 0 Å². The molecular formula is C11H9F3N2. The first-order valence-electron chi connectivity index (χ1n) is 4.73. The van der Waals surface area contributed by atoms with Crippen LogP contribution in [0.3, 0.4) is 0 Å². The lowest BCUT2D eigenvalue weighted by Crippen LogP contribution is -2.11. The number of hydrogen-bond donors (Lipinski definition) is 0. The Bertz CT molecular complexity index is 520. The molecule has 2 aromatic rings. The normalized spacial score (nSPS) is 12.0. The third-order valence-corrected chi connectivity index (χ3v) is 2.13. The molecule has 0 bridgehead atoms. The number of benzene rings is 1. The molecule has 0 atom stereocenters. The third-order valence-electron chi connectivity index (χ3n) is 2.13. The number of nitrogens with zero attached hydrogens (tertiary/aromatic N) is 2. The summed E-state index contributed by atoms with van der Waals surface area (Å²) in [6.45, 7) is 1.75. The highest BCUT2D eigenvalue weighted by atomic mass is 19.4. The molecule has 0 radical (unpaired) electrons. The van der Waals surface area contributed by atoms with E-state index in [1.165, 1.54) is 12.1 Å². The number of aromatic nitrogens is 2. The number of hydrogen-bond acceptors (Lipinski definition) is 2. The molecule has 1 aromatic carbocycles. The van der Waals surface area contributed by atoms with Crippen molar-refractivity contribution < 1.29 is 13.2 Å². The zero-order valence-electron chi connectivity index (χ0n) is 8.54. The molecule has 1 aromatic heterocycles. The Morgan fingerprint density at radius 2 is 1.94 bits per heavy atom. The monoisotopic (exact) mass is 226 g/mol. The van der Waals surface area contributed by atoms with Gasteiger partial charge >= 0.3 is 6.18 Å². The van der Waals surface area contributed by atoms with Crippen LogP contribution >= 0.6 is 0 Å². The highest BCUT2D eigenvalue weighted by Gasteiger charge is 2.27. The van der Waals surface area contributed by atoms with Gasteiger partial charge in [-0.15, -0.1) is 0 Å². The summed E-state index contributed by atoms with van der Waals surface area (Å²) in [6.07, 6.45) is -3.53. The second-order valence-corrected chi connectivity index (χ2v) is 3.63. The van der Waals surface area contributed by atoms with E-state index in [0.29, 0.717) is 16.7 Å². The Kier molecular flexibility index (Phi) is 2.53. The second-order valence-electron chi connectivity index (χ2n) is 3.63. The van der Waals surface area contributed by atoms with Crippen LogP contribution in [0.2, 0.25) is 0 Å². The van der Waals surface area contributed by atoms with Gasteiger partial charge in [0.25, 0.3) is 0 Å². The molecule has 0 amide bonds. The quantitative estimate of drug-likeness (QED) is 0.746. The van der Waals surface area contributed by atoms with Gasteiger partial charge in [0.15, 0.2) is 0 Å². The van der Waals surface area contributed by atoms with Crippen molar-refractivity contribution in [1.29, 1.82) is 0 Å². The van der Waals surface area contributed by atoms with Crippen LogP contribution < -0.4 is 0 Å². The van der Waals surface area contributed by atoms with E-state index >= 15 is 0 Å². The van der Waals surface area contributed by atoms with Gasteiger partial charge in [0.2, 0.25) is 0 Å². The summed E-state index contributed by atoms with van der Waals surface area (Å²) in [5.41, 5.74) is 2.01. The summed E-state index contributed by atoms with van der Waals surface area (Å²) in [4.78, 5) is 8.21. The van der Waals surface area contributed by atoms with E-state index < -0.39 is 12.6 Å². The molecule has 0 unspecified atom stereocenters. The van der Waals surface area contributed by atoms with E-state index in [1.54, 1.807) is 19.2 Å². The van der Waals surface area contributed by atoms with Crippen LogP contribution in [0.25, 0.3) is 11.0 Å². The van der Waals surface area contributed by atoms with Crippen LogP contribution in [0.15, 0.2) is 24.4 Å². The number of fused-ring (bicyclic) bond motifs is 1. The zero-order valence-corrected chi connectivity index (χ0v) is 8.54. The summed E-state index contributed by atoms with van der Waals surface area (Å²) >= 11 is 0. The standard InChI is InChI=1S/C11H9F3N2/c1-7-6-15-9-3-2-8(4-10(9)16-7)5-11(12,13)14/h2-4,6H,5H2,1H3. The van der Waals surface area contributed by atoms with Gasteiger partial charge in [-0.2, -0.15) is 13.2 Å². The molecule has 0 aliphatic carbocycles. The van der Waals surface area contributed by atoms with Gasteiger partial charge in [-0.25, -0.2) is 4.98 Å². The molecule has 0 aliphatic heterocycles. The fraction of sp³-hybridized carbons (Fsp3) is 0.273. The maximum Gasteiger partial charge on any atom is 0.393 e. The maximum atomic E-state index is 12.2. The van der Waals surface area contributed by atoms with Gasteiger partial charge in [-0.3, -0.25) is 4.98 Å². The van der Waals surface area contributed by atoms with Crippen LogP contribution in [0.4, 0.5) is 13.2 Å². The molecular weight excluding hydrogens is 217 g/mol. The van der Waals surface area contributed by atoms with Gasteiger partial charge in [0.1, 0.15) is 0 Å². The topological polar surface area (TPSA) is 25.8 Å². The van der Waals surface area contributed by atoms with E-state index in [0.717, 1.165) is 0 Å². The van der Waals surface area contributed by atoms with E-state index in [4.69, 9.17) is 0 Å². The van der Waals surface area contributed by atoms with Crippen LogP contribution in [-0.4, -0.2) is 16.1 Å². The number of rotatable bonds is 1. The lowest BCUT2D eigenvalue weighted by molar-refractivity contribution is -0.127. The third kappa shape index (κ3) is 2.48. The van der Waals surface area contributed by atoms with Crippen molar-refractivity contribution >= 4 is 11.0 Å². The van der Waals surface area contributed by atoms with Gasteiger partial charge in [0.05, 0.1) is 23.1 Å². The van der Waals surface area contributed by atoms with E-state index in [2.05, 4.69) is 9.97 Å². The molecule has 1 heterocycles. The Morgan fingerprint density at radius 1 is 1.19 bits per heavy atom. The molecule has 84 valence electrons. The predicted molar refractivity (Wildman–Crippen MR) is 54.0 cm³/mol. The van der Waals surface area contributed by atoms with Crippen molar-refractivity contribution in [3.63, 3.8) is 0 Å². The van der Waals surface area contributed by atoms with Crippen LogP contribution in [0, 0.1) is 6.92 Å². The zero-order chi connectivity index (χ0) is 11.8. The van der Waals surface area contributed by atoms with E-state index in [-0.39, 0.29) is 5.56 Å². The van der Waals surface area contributed by atoms with Gasteiger partial charge in [-0.05, 0) is 24.6 Å². The van der Waals surface area contributed by atoms with Crippen LogP contribution in [0.1, 0.15) is 11.3 Å². The minimum absolute atomic E-state index is 0.208. The molecule has 0 saturated heterocycles. The number of alkyl halides is 3. The van der Waals surface area contributed by atoms with Crippen molar-refractivity contribution in [3.05, 3.63) is 35.7 Å². The van der Waals surface area contributed by atoms with Crippen molar-refractivity contribution in [2.75, 3.05) is 0 Å². The smallest absolute Gasteiger partial charge is 0.253 e. The predicted octanol–water partition coefficient (Wildman–Crippen LogP) is 3.04. The Labute approximate surface area is 90.1 Å². The molecule has 5 heteroatoms. The highest BCUT2D eigenvalue weighted by molar-refractivity contribution is 5.74. The first-order valence-corrected chi connectivity index (χ1v) is 4.73. The Morgan fingerprint density at radius 3 is 2.62 bits per heavy atom. The summed E-state index contributed by atoms with van der Waals surface area (Å²) in [5.74, 6) is 0. The van der Waals surface area contributed by atoms with Crippen molar-refractivity contribution in [3.8, 4) is 0 Å². The Hall–Kier alpha value is -1.65. The lowest BCUT2D eigenvalue weighted by atomic mass is 10.1. The van der Waals surface area contributed by atoms with E-state index in [9.17, 15) is 13.2 Å². The minimum atomic E-state index is -4.19. The van der Waals surface area contributed by atoms with Crippen molar-refractivity contribution in [2.45, 2.75) is 19.5 Å². The average molecular weight is 226 g/mol. The molecule has 0 N–H and O–H groups in total. The summed E-state index contributed by atoms with van der Waals surface area (Å²) in [5, 5.41) is 0. The first kappa shape index (κ1) is 10.9. The molecule has 0 fully saturated rings. The lowest BCUT2D eigenvalue weighted by Gasteiger charge is -2.06. The van der Waals surface area contributed by atoms with Crippen molar-refractivity contribution in [1.82, 2.24) is 9.97 Å². The van der Waals surface area contributed by atoms with Crippen LogP contribution in [-0.2, 0) is 6.42 Å². The largest absolute Gasteiger partial charge is 0.393 e. The molecule has 2 rings (SSSR count). The second kappa shape index (κ2) is 3.73. The number of halogens is 3. The molecule has 0 spiro atoms. The molecule has 2 nitrogen and oxygen atoms in total. The summed E-state index contributed by atoms with van der Waals surface area (Å²) in [7, 11) is 0. The van der Waals surface area contributed by atoms with Crippen molar-refractivity contribution in [2.24, 2.45) is 0 Å².